The molecule has 0 aliphatic carbocycles. The molecule has 1 fully saturated rings. The quantitative estimate of drug-likeness (QED) is 0.629. The zero-order valence-corrected chi connectivity index (χ0v) is 14.2. The smallest absolute Gasteiger partial charge is 0.239 e. The van der Waals surface area contributed by atoms with Crippen LogP contribution in [0.5, 0.6) is 0 Å². The molecule has 2 atom stereocenters. The van der Waals surface area contributed by atoms with Crippen LogP contribution in [0.25, 0.3) is 0 Å². The Bertz CT molecular complexity index is 551. The lowest BCUT2D eigenvalue weighted by Gasteiger charge is -2.25. The Morgan fingerprint density at radius 2 is 2.21 bits per heavy atom. The lowest BCUT2D eigenvalue weighted by atomic mass is 10.1. The van der Waals surface area contributed by atoms with E-state index in [-0.39, 0.29) is 30.3 Å². The number of amides is 2. The summed E-state index contributed by atoms with van der Waals surface area (Å²) in [4.78, 5) is 25.8. The monoisotopic (exact) mass is 334 g/mol. The van der Waals surface area contributed by atoms with Crippen molar-refractivity contribution in [3.8, 4) is 0 Å². The minimum Gasteiger partial charge on any atom is -0.353 e. The van der Waals surface area contributed by atoms with Crippen LogP contribution in [0.2, 0.25) is 0 Å². The number of carbonyl (C=O) groups excluding carboxylic acids is 2. The maximum absolute atomic E-state index is 11.9. The van der Waals surface area contributed by atoms with Crippen LogP contribution in [0.1, 0.15) is 26.7 Å². The van der Waals surface area contributed by atoms with Gasteiger partial charge in [0.15, 0.2) is 5.82 Å². The number of hydrogen-bond donors (Lipinski definition) is 3. The zero-order valence-electron chi connectivity index (χ0n) is 14.2. The van der Waals surface area contributed by atoms with Gasteiger partial charge in [-0.05, 0) is 30.9 Å². The number of nitrogens with one attached hydrogen (secondary N) is 2. The van der Waals surface area contributed by atoms with Gasteiger partial charge in [-0.1, -0.05) is 13.8 Å². The number of aromatic nitrogens is 2. The highest BCUT2D eigenvalue weighted by Gasteiger charge is 2.26. The van der Waals surface area contributed by atoms with Crippen LogP contribution in [0.4, 0.5) is 5.82 Å². The molecule has 1 aromatic rings. The Balaban J connectivity index is 1.76. The second-order valence-electron chi connectivity index (χ2n) is 6.36. The van der Waals surface area contributed by atoms with Crippen LogP contribution >= 0.6 is 0 Å². The van der Waals surface area contributed by atoms with Gasteiger partial charge in [0.1, 0.15) is 0 Å². The first-order valence-corrected chi connectivity index (χ1v) is 8.33. The van der Waals surface area contributed by atoms with Crippen LogP contribution in [0.15, 0.2) is 18.3 Å². The molecule has 0 radical (unpaired) electrons. The summed E-state index contributed by atoms with van der Waals surface area (Å²) in [7, 11) is 0. The highest BCUT2D eigenvalue weighted by Crippen LogP contribution is 2.22. The largest absolute Gasteiger partial charge is 0.353 e. The van der Waals surface area contributed by atoms with Crippen molar-refractivity contribution in [1.29, 1.82) is 0 Å². The molecule has 8 heteroatoms. The second-order valence-corrected chi connectivity index (χ2v) is 6.36. The van der Waals surface area contributed by atoms with E-state index in [1.807, 2.05) is 26.0 Å². The van der Waals surface area contributed by atoms with E-state index in [2.05, 4.69) is 25.7 Å². The third kappa shape index (κ3) is 4.89. The molecule has 2 rings (SSSR count). The molecule has 8 nitrogen and oxygen atoms in total. The minimum absolute atomic E-state index is 0.0343. The molecule has 0 spiro atoms. The Labute approximate surface area is 142 Å². The van der Waals surface area contributed by atoms with E-state index >= 15 is 0 Å². The fraction of sp³-hybridized carbons (Fsp3) is 0.625. The number of anilines is 1. The topological polar surface area (TPSA) is 113 Å². The molecule has 132 valence electrons. The van der Waals surface area contributed by atoms with Crippen molar-refractivity contribution in [2.45, 2.75) is 38.8 Å². The molecule has 2 amide bonds. The van der Waals surface area contributed by atoms with Crippen molar-refractivity contribution in [2.24, 2.45) is 11.7 Å². The molecule has 24 heavy (non-hydrogen) atoms. The summed E-state index contributed by atoms with van der Waals surface area (Å²) < 4.78 is 0. The van der Waals surface area contributed by atoms with Crippen molar-refractivity contribution in [2.75, 3.05) is 24.5 Å². The molecule has 0 saturated carbocycles. The molecular formula is C16H26N6O2. The van der Waals surface area contributed by atoms with Gasteiger partial charge in [-0.2, -0.15) is 5.10 Å². The Kier molecular flexibility index (Phi) is 6.48. The summed E-state index contributed by atoms with van der Waals surface area (Å²) in [5.74, 6) is 0.338. The van der Waals surface area contributed by atoms with Gasteiger partial charge in [-0.25, -0.2) is 0 Å². The highest BCUT2D eigenvalue weighted by molar-refractivity contribution is 5.87. The molecule has 1 unspecified atom stereocenters. The minimum atomic E-state index is -0.597. The summed E-state index contributed by atoms with van der Waals surface area (Å²) in [6, 6.07) is 3.36. The maximum atomic E-state index is 11.9. The van der Waals surface area contributed by atoms with Gasteiger partial charge < -0.3 is 21.3 Å². The van der Waals surface area contributed by atoms with Crippen molar-refractivity contribution in [3.63, 3.8) is 0 Å². The third-order valence-electron chi connectivity index (χ3n) is 4.21. The van der Waals surface area contributed by atoms with Crippen LogP contribution in [-0.2, 0) is 9.59 Å². The van der Waals surface area contributed by atoms with E-state index in [1.165, 1.54) is 0 Å². The number of rotatable bonds is 7. The number of hydrogen-bond acceptors (Lipinski definition) is 6. The first kappa shape index (κ1) is 18.1. The summed E-state index contributed by atoms with van der Waals surface area (Å²) in [5.41, 5.74) is 5.74. The van der Waals surface area contributed by atoms with Gasteiger partial charge >= 0.3 is 0 Å². The van der Waals surface area contributed by atoms with Gasteiger partial charge in [0.05, 0.1) is 12.6 Å². The van der Waals surface area contributed by atoms with Crippen molar-refractivity contribution in [3.05, 3.63) is 18.3 Å². The van der Waals surface area contributed by atoms with E-state index in [0.29, 0.717) is 6.54 Å². The predicted octanol–water partition coefficient (Wildman–Crippen LogP) is -0.339. The zero-order chi connectivity index (χ0) is 17.5. The molecule has 2 heterocycles. The molecule has 0 aromatic carbocycles. The van der Waals surface area contributed by atoms with Gasteiger partial charge in [0, 0.05) is 25.3 Å². The fourth-order valence-electron chi connectivity index (χ4n) is 2.68. The van der Waals surface area contributed by atoms with E-state index < -0.39 is 6.04 Å². The van der Waals surface area contributed by atoms with E-state index in [4.69, 9.17) is 5.73 Å². The van der Waals surface area contributed by atoms with Gasteiger partial charge in [0.25, 0.3) is 0 Å². The number of nitrogens with zero attached hydrogens (tertiary/aromatic N) is 3. The molecule has 0 bridgehead atoms. The third-order valence-corrected chi connectivity index (χ3v) is 4.21. The van der Waals surface area contributed by atoms with Gasteiger partial charge in [-0.15, -0.1) is 5.10 Å². The first-order valence-electron chi connectivity index (χ1n) is 8.33. The average molecular weight is 334 g/mol. The first-order chi connectivity index (χ1) is 11.5. The average Bonchev–Trinajstić information content (AvgIpc) is 3.06. The Morgan fingerprint density at radius 3 is 2.88 bits per heavy atom. The second kappa shape index (κ2) is 8.58. The molecule has 1 aliphatic heterocycles. The normalized spacial score (nSPS) is 18.5. The number of nitrogens with two attached hydrogens (primary N) is 1. The van der Waals surface area contributed by atoms with Gasteiger partial charge in [0.2, 0.25) is 11.8 Å². The molecule has 1 aliphatic rings. The Morgan fingerprint density at radius 1 is 1.42 bits per heavy atom. The van der Waals surface area contributed by atoms with Crippen molar-refractivity contribution >= 4 is 17.6 Å². The van der Waals surface area contributed by atoms with Crippen LogP contribution in [0.3, 0.4) is 0 Å². The summed E-state index contributed by atoms with van der Waals surface area (Å²) in [6.45, 7) is 5.09. The van der Waals surface area contributed by atoms with Gasteiger partial charge in [-0.3, -0.25) is 9.59 Å². The van der Waals surface area contributed by atoms with E-state index in [9.17, 15) is 9.59 Å². The summed E-state index contributed by atoms with van der Waals surface area (Å²) in [5, 5.41) is 13.5. The fourth-order valence-corrected chi connectivity index (χ4v) is 2.68. The molecular weight excluding hydrogens is 308 g/mol. The lowest BCUT2D eigenvalue weighted by Crippen LogP contribution is -2.48. The van der Waals surface area contributed by atoms with Crippen molar-refractivity contribution in [1.82, 2.24) is 20.8 Å². The van der Waals surface area contributed by atoms with E-state index in [0.717, 1.165) is 25.2 Å². The molecule has 1 saturated heterocycles. The molecule has 4 N–H and O–H groups in total. The maximum Gasteiger partial charge on any atom is 0.239 e. The molecule has 1 aromatic heterocycles. The summed E-state index contributed by atoms with van der Waals surface area (Å²) in [6.07, 6.45) is 3.68. The van der Waals surface area contributed by atoms with Crippen LogP contribution < -0.4 is 21.3 Å². The summed E-state index contributed by atoms with van der Waals surface area (Å²) >= 11 is 0. The number of carbonyl (C=O) groups is 2. The SMILES string of the molecule is CC(C)[C@H](N)C(=O)NCC(=O)NCC1CCCN1c1cccnn1. The van der Waals surface area contributed by atoms with Crippen LogP contribution in [-0.4, -0.2) is 53.7 Å². The Hall–Kier alpha value is -2.22. The highest BCUT2D eigenvalue weighted by atomic mass is 16.2. The predicted molar refractivity (Wildman–Crippen MR) is 91.2 cm³/mol. The lowest BCUT2D eigenvalue weighted by molar-refractivity contribution is -0.127. The van der Waals surface area contributed by atoms with Crippen molar-refractivity contribution < 1.29 is 9.59 Å². The van der Waals surface area contributed by atoms with Crippen LogP contribution in [0, 0.1) is 5.92 Å². The van der Waals surface area contributed by atoms with E-state index in [1.54, 1.807) is 6.20 Å². The standard InChI is InChI=1S/C16H26N6O2/c1-11(2)15(17)16(24)19-10-14(23)18-9-12-5-4-8-22(12)13-6-3-7-20-21-13/h3,6-7,11-12,15H,4-5,8-10,17H2,1-2H3,(H,18,23)(H,19,24)/t12?,15-/m0/s1.